The zero-order valence-electron chi connectivity index (χ0n) is 17.6. The molecule has 0 saturated carbocycles. The van der Waals surface area contributed by atoms with E-state index in [0.29, 0.717) is 10.5 Å². The summed E-state index contributed by atoms with van der Waals surface area (Å²) in [6.07, 6.45) is 4.53. The molecule has 1 aromatic heterocycles. The number of rotatable bonds is 5. The first-order valence-corrected chi connectivity index (χ1v) is 10.8. The van der Waals surface area contributed by atoms with Gasteiger partial charge in [0, 0.05) is 0 Å². The van der Waals surface area contributed by atoms with E-state index in [0.717, 1.165) is 12.0 Å². The van der Waals surface area contributed by atoms with Gasteiger partial charge in [0.05, 0.1) is 32.4 Å². The van der Waals surface area contributed by atoms with Crippen LogP contribution in [0, 0.1) is 5.92 Å². The van der Waals surface area contributed by atoms with Gasteiger partial charge in [0.2, 0.25) is 0 Å². The second-order valence-electron chi connectivity index (χ2n) is 7.09. The van der Waals surface area contributed by atoms with Crippen molar-refractivity contribution in [2.45, 2.75) is 33.1 Å². The summed E-state index contributed by atoms with van der Waals surface area (Å²) in [6.45, 7) is 6.29. The summed E-state index contributed by atoms with van der Waals surface area (Å²) in [7, 11) is 3.45. The highest BCUT2D eigenvalue weighted by atomic mass is 127. The van der Waals surface area contributed by atoms with Gasteiger partial charge in [-0.25, -0.2) is 4.90 Å². The number of benzene rings is 1. The van der Waals surface area contributed by atoms with Crippen LogP contribution in [0.4, 0.5) is 4.79 Å². The fourth-order valence-electron chi connectivity index (χ4n) is 2.49. The molecular weight excluding hydrogens is 594 g/mol. The number of nitrogens with zero attached hydrogens (tertiary/aromatic N) is 2. The highest BCUT2D eigenvalue weighted by Crippen LogP contribution is 2.19. The quantitative estimate of drug-likeness (QED) is 0.219. The third kappa shape index (κ3) is 10.4. The minimum absolute atomic E-state index is 0. The Balaban J connectivity index is 0.000000568. The lowest BCUT2D eigenvalue weighted by Crippen LogP contribution is -3.00. The van der Waals surface area contributed by atoms with Gasteiger partial charge in [-0.2, -0.15) is 9.36 Å². The van der Waals surface area contributed by atoms with E-state index in [1.165, 1.54) is 15.0 Å². The number of amides is 1. The van der Waals surface area contributed by atoms with Gasteiger partial charge in [-0.15, -0.1) is 0 Å². The third-order valence-corrected chi connectivity index (χ3v) is 4.30. The van der Waals surface area contributed by atoms with Crippen LogP contribution in [0.25, 0.3) is 0 Å². The van der Waals surface area contributed by atoms with E-state index in [9.17, 15) is 9.59 Å². The molecule has 0 aliphatic heterocycles. The minimum Gasteiger partial charge on any atom is -1.00 e. The Bertz CT molecular complexity index is 735. The maximum absolute atomic E-state index is 11.6. The molecule has 2 rings (SSSR count). The molecule has 0 N–H and O–H groups in total. The Kier molecular flexibility index (Phi) is 14.1. The topological polar surface area (TPSA) is 50.5 Å². The van der Waals surface area contributed by atoms with Crippen LogP contribution in [-0.2, 0) is 16.0 Å². The average Bonchev–Trinajstić information content (AvgIpc) is 2.68. The van der Waals surface area contributed by atoms with Crippen LogP contribution in [-0.4, -0.2) is 35.6 Å². The Morgan fingerprint density at radius 3 is 2.03 bits per heavy atom. The Hall–Kier alpha value is -1.23. The number of ether oxygens (including phenoxy) is 1. The molecule has 29 heavy (non-hydrogen) atoms. The Labute approximate surface area is 205 Å². The summed E-state index contributed by atoms with van der Waals surface area (Å²) < 4.78 is 6.94. The molecule has 1 aromatic carbocycles. The first-order chi connectivity index (χ1) is 13.3. The molecule has 0 fully saturated rings. The van der Waals surface area contributed by atoms with E-state index in [4.69, 9.17) is 4.74 Å². The molecule has 0 bridgehead atoms. The molecule has 2 aromatic rings. The number of aromatic nitrogens is 1. The van der Waals surface area contributed by atoms with Crippen LogP contribution in [0.1, 0.15) is 37.8 Å². The summed E-state index contributed by atoms with van der Waals surface area (Å²) in [5, 5.41) is 0. The van der Waals surface area contributed by atoms with Gasteiger partial charge >= 0.3 is 12.0 Å². The van der Waals surface area contributed by atoms with E-state index in [2.05, 4.69) is 26.0 Å². The standard InChI is InChI=1S/C14H19IO2.C8H11N2O.HI/c1-10(2)8-12-4-6-13(7-5-12)11(3)14(16)17-9-15;1-9(2)8(11)10-6-4-3-5-7-10;/h4-7,10-11H,8-9H2,1-3H3;3-7H,1-2H3;1H/q;+1;/p-1. The molecule has 160 valence electrons. The van der Waals surface area contributed by atoms with Crippen molar-refractivity contribution >= 4 is 34.6 Å². The molecule has 0 aliphatic rings. The van der Waals surface area contributed by atoms with Crippen molar-refractivity contribution < 1.29 is 42.9 Å². The lowest BCUT2D eigenvalue weighted by molar-refractivity contribution is -0.577. The number of hydrogen-bond acceptors (Lipinski definition) is 3. The van der Waals surface area contributed by atoms with Crippen molar-refractivity contribution in [3.8, 4) is 0 Å². The number of alkyl halides is 1. The van der Waals surface area contributed by atoms with Crippen molar-refractivity contribution in [1.82, 2.24) is 4.90 Å². The number of esters is 1. The Morgan fingerprint density at radius 2 is 1.59 bits per heavy atom. The van der Waals surface area contributed by atoms with Crippen LogP contribution in [0.3, 0.4) is 0 Å². The first kappa shape index (κ1) is 27.8. The number of carbonyl (C=O) groups excluding carboxylic acids is 2. The van der Waals surface area contributed by atoms with Gasteiger partial charge < -0.3 is 28.7 Å². The lowest BCUT2D eigenvalue weighted by Gasteiger charge is -2.11. The van der Waals surface area contributed by atoms with Gasteiger partial charge in [-0.05, 0) is 65.1 Å². The zero-order valence-corrected chi connectivity index (χ0v) is 22.0. The molecular formula is C22H30I2N2O3. The largest absolute Gasteiger partial charge is 1.00 e. The molecule has 1 unspecified atom stereocenters. The van der Waals surface area contributed by atoms with Gasteiger partial charge in [0.15, 0.2) is 0 Å². The maximum atomic E-state index is 11.6. The predicted octanol–water partition coefficient (Wildman–Crippen LogP) is 1.43. The van der Waals surface area contributed by atoms with E-state index >= 15 is 0 Å². The predicted molar refractivity (Wildman–Crippen MR) is 119 cm³/mol. The lowest BCUT2D eigenvalue weighted by atomic mass is 9.97. The molecule has 0 aliphatic carbocycles. The molecule has 1 amide bonds. The maximum Gasteiger partial charge on any atom is 0.497 e. The number of hydrogen-bond donors (Lipinski definition) is 0. The third-order valence-electron chi connectivity index (χ3n) is 3.99. The number of halogens is 2. The average molecular weight is 624 g/mol. The Morgan fingerprint density at radius 1 is 1.03 bits per heavy atom. The molecule has 1 heterocycles. The van der Waals surface area contributed by atoms with Crippen molar-refractivity contribution in [2.24, 2.45) is 5.92 Å². The van der Waals surface area contributed by atoms with E-state index in [1.807, 2.05) is 59.8 Å². The van der Waals surface area contributed by atoms with Crippen LogP contribution in [0.2, 0.25) is 0 Å². The zero-order chi connectivity index (χ0) is 21.1. The van der Waals surface area contributed by atoms with Gasteiger partial charge in [0.1, 0.15) is 4.61 Å². The highest BCUT2D eigenvalue weighted by molar-refractivity contribution is 14.1. The summed E-state index contributed by atoms with van der Waals surface area (Å²) in [4.78, 5) is 24.3. The van der Waals surface area contributed by atoms with Gasteiger partial charge in [-0.3, -0.25) is 4.79 Å². The second-order valence-corrected chi connectivity index (χ2v) is 7.72. The van der Waals surface area contributed by atoms with Crippen molar-refractivity contribution in [3.63, 3.8) is 0 Å². The monoisotopic (exact) mass is 624 g/mol. The van der Waals surface area contributed by atoms with Crippen LogP contribution < -0.4 is 28.5 Å². The molecule has 0 radical (unpaired) electrons. The minimum atomic E-state index is -0.183. The van der Waals surface area contributed by atoms with Crippen LogP contribution in [0.15, 0.2) is 54.9 Å². The normalized spacial score (nSPS) is 10.9. The van der Waals surface area contributed by atoms with Crippen molar-refractivity contribution in [1.29, 1.82) is 0 Å². The fraction of sp³-hybridized carbons (Fsp3) is 0.409. The van der Waals surface area contributed by atoms with Crippen molar-refractivity contribution in [3.05, 3.63) is 66.0 Å². The van der Waals surface area contributed by atoms with Gasteiger partial charge in [0.25, 0.3) is 0 Å². The summed E-state index contributed by atoms with van der Waals surface area (Å²) in [5.41, 5.74) is 2.34. The first-order valence-electron chi connectivity index (χ1n) is 9.25. The second kappa shape index (κ2) is 14.7. The molecule has 0 saturated heterocycles. The summed E-state index contributed by atoms with van der Waals surface area (Å²) >= 11 is 2.03. The van der Waals surface area contributed by atoms with E-state index < -0.39 is 0 Å². The highest BCUT2D eigenvalue weighted by Gasteiger charge is 2.16. The van der Waals surface area contributed by atoms with E-state index in [1.54, 1.807) is 26.5 Å². The SMILES string of the molecule is CC(C)Cc1ccc(C(C)C(=O)OCI)cc1.CN(C)C(=O)[n+]1ccccc1.[I-]. The summed E-state index contributed by atoms with van der Waals surface area (Å²) in [5.74, 6) is 0.316. The van der Waals surface area contributed by atoms with Crippen LogP contribution >= 0.6 is 22.6 Å². The van der Waals surface area contributed by atoms with Crippen LogP contribution in [0.5, 0.6) is 0 Å². The molecule has 1 atom stereocenters. The summed E-state index contributed by atoms with van der Waals surface area (Å²) in [6, 6.07) is 13.7. The number of carbonyl (C=O) groups is 2. The van der Waals surface area contributed by atoms with E-state index in [-0.39, 0.29) is 41.9 Å². The smallest absolute Gasteiger partial charge is 0.497 e. The fourth-order valence-corrected chi connectivity index (χ4v) is 2.79. The van der Waals surface area contributed by atoms with Gasteiger partial charge in [-0.1, -0.05) is 44.2 Å². The van der Waals surface area contributed by atoms with Crippen molar-refractivity contribution in [2.75, 3.05) is 18.7 Å². The molecule has 5 nitrogen and oxygen atoms in total. The molecule has 0 spiro atoms. The number of pyridine rings is 1. The molecule has 7 heteroatoms.